The Morgan fingerprint density at radius 3 is 2.77 bits per heavy atom. The van der Waals surface area contributed by atoms with Gasteiger partial charge in [-0.1, -0.05) is 0 Å². The van der Waals surface area contributed by atoms with Crippen LogP contribution in [0.5, 0.6) is 0 Å². The molecule has 0 saturated carbocycles. The third-order valence-electron chi connectivity index (χ3n) is 2.89. The fourth-order valence-electron chi connectivity index (χ4n) is 2.14. The van der Waals surface area contributed by atoms with Gasteiger partial charge in [0.05, 0.1) is 0 Å². The Bertz CT molecular complexity index is 200. The van der Waals surface area contributed by atoms with E-state index in [1.54, 1.807) is 0 Å². The van der Waals surface area contributed by atoms with Crippen LogP contribution in [-0.2, 0) is 0 Å². The minimum absolute atomic E-state index is 1.02. The zero-order chi connectivity index (χ0) is 9.10. The van der Waals surface area contributed by atoms with Gasteiger partial charge in [0.1, 0.15) is 0 Å². The molecule has 0 amide bonds. The topological polar surface area (TPSA) is 18.8 Å². The lowest BCUT2D eigenvalue weighted by Crippen LogP contribution is -2.49. The average molecular weight is 181 g/mol. The van der Waals surface area contributed by atoms with Crippen LogP contribution >= 0.6 is 0 Å². The number of aliphatic imine (C=N–C) groups is 1. The first-order valence-corrected chi connectivity index (χ1v) is 5.38. The molecule has 0 unspecified atom stereocenters. The number of guanidine groups is 1. The van der Waals surface area contributed by atoms with Crippen molar-refractivity contribution in [3.8, 4) is 0 Å². The van der Waals surface area contributed by atoms with Crippen LogP contribution in [0.25, 0.3) is 0 Å². The summed E-state index contributed by atoms with van der Waals surface area (Å²) in [6.07, 6.45) is 5.24. The van der Waals surface area contributed by atoms with Crippen molar-refractivity contribution >= 4 is 5.96 Å². The van der Waals surface area contributed by atoms with Crippen LogP contribution in [0.15, 0.2) is 4.99 Å². The van der Waals surface area contributed by atoms with Gasteiger partial charge in [-0.2, -0.15) is 0 Å². The van der Waals surface area contributed by atoms with Gasteiger partial charge in [0.15, 0.2) is 5.96 Å². The molecule has 0 radical (unpaired) electrons. The monoisotopic (exact) mass is 181 g/mol. The molecule has 0 aromatic rings. The van der Waals surface area contributed by atoms with Crippen molar-refractivity contribution in [2.24, 2.45) is 4.99 Å². The van der Waals surface area contributed by atoms with Crippen molar-refractivity contribution in [3.63, 3.8) is 0 Å². The van der Waals surface area contributed by atoms with Crippen molar-refractivity contribution in [2.75, 3.05) is 33.2 Å². The fraction of sp³-hybridized carbons (Fsp3) is 0.900. The van der Waals surface area contributed by atoms with E-state index in [0.717, 1.165) is 6.54 Å². The molecule has 1 saturated heterocycles. The molecule has 0 bridgehead atoms. The van der Waals surface area contributed by atoms with E-state index in [9.17, 15) is 0 Å². The van der Waals surface area contributed by atoms with E-state index in [1.807, 2.05) is 0 Å². The molecule has 0 atom stereocenters. The van der Waals surface area contributed by atoms with Crippen LogP contribution in [-0.4, -0.2) is 49.0 Å². The number of nitrogens with zero attached hydrogens (tertiary/aromatic N) is 3. The Morgan fingerprint density at radius 2 is 1.85 bits per heavy atom. The summed E-state index contributed by atoms with van der Waals surface area (Å²) in [7, 11) is 2.16. The molecule has 13 heavy (non-hydrogen) atoms. The number of hydrogen-bond acceptors (Lipinski definition) is 3. The van der Waals surface area contributed by atoms with Gasteiger partial charge in [0.2, 0.25) is 0 Å². The van der Waals surface area contributed by atoms with Gasteiger partial charge in [-0.25, -0.2) is 0 Å². The molecular weight excluding hydrogens is 162 g/mol. The highest BCUT2D eigenvalue weighted by Crippen LogP contribution is 2.12. The van der Waals surface area contributed by atoms with Crippen molar-refractivity contribution in [1.82, 2.24) is 9.80 Å². The molecular formula is C10H19N3. The summed E-state index contributed by atoms with van der Waals surface area (Å²) >= 11 is 0. The van der Waals surface area contributed by atoms with Crippen LogP contribution in [0.3, 0.4) is 0 Å². The maximum Gasteiger partial charge on any atom is 0.196 e. The van der Waals surface area contributed by atoms with Crippen LogP contribution in [0, 0.1) is 0 Å². The first-order chi connectivity index (χ1) is 6.38. The third kappa shape index (κ3) is 1.95. The Balaban J connectivity index is 2.10. The number of fused-ring (bicyclic) bond motifs is 1. The zero-order valence-corrected chi connectivity index (χ0v) is 8.50. The van der Waals surface area contributed by atoms with E-state index in [0.29, 0.717) is 0 Å². The second-order valence-electron chi connectivity index (χ2n) is 4.00. The molecule has 3 nitrogen and oxygen atoms in total. The Kier molecular flexibility index (Phi) is 2.71. The van der Waals surface area contributed by atoms with Crippen LogP contribution in [0.2, 0.25) is 0 Å². The van der Waals surface area contributed by atoms with E-state index >= 15 is 0 Å². The first-order valence-electron chi connectivity index (χ1n) is 5.38. The van der Waals surface area contributed by atoms with Crippen LogP contribution < -0.4 is 0 Å². The third-order valence-corrected chi connectivity index (χ3v) is 2.89. The molecule has 0 aliphatic carbocycles. The van der Waals surface area contributed by atoms with Gasteiger partial charge in [-0.15, -0.1) is 0 Å². The average Bonchev–Trinajstić information content (AvgIpc) is 2.07. The lowest BCUT2D eigenvalue weighted by atomic mass is 10.2. The summed E-state index contributed by atoms with van der Waals surface area (Å²) in [5, 5.41) is 0. The van der Waals surface area contributed by atoms with E-state index < -0.39 is 0 Å². The maximum absolute atomic E-state index is 4.65. The highest BCUT2D eigenvalue weighted by atomic mass is 15.4. The van der Waals surface area contributed by atoms with Gasteiger partial charge in [0.25, 0.3) is 0 Å². The lowest BCUT2D eigenvalue weighted by Gasteiger charge is -2.37. The molecule has 2 heterocycles. The molecule has 0 aromatic carbocycles. The standard InChI is InChI=1S/C10H19N3/c1-12-7-5-9-13-8-4-2-3-6-11-10(12)13/h2-9H2,1H3/b11-10-. The van der Waals surface area contributed by atoms with Crippen molar-refractivity contribution in [3.05, 3.63) is 0 Å². The fourth-order valence-corrected chi connectivity index (χ4v) is 2.14. The predicted molar refractivity (Wildman–Crippen MR) is 55.0 cm³/mol. The van der Waals surface area contributed by atoms with E-state index in [1.165, 1.54) is 51.3 Å². The quantitative estimate of drug-likeness (QED) is 0.558. The SMILES string of the molecule is CN1CCCN2CCCCC/N=C/12. The van der Waals surface area contributed by atoms with Gasteiger partial charge < -0.3 is 9.80 Å². The Hall–Kier alpha value is -0.730. The normalized spacial score (nSPS) is 28.5. The Morgan fingerprint density at radius 1 is 1.00 bits per heavy atom. The van der Waals surface area contributed by atoms with Crippen molar-refractivity contribution < 1.29 is 0 Å². The molecule has 1 fully saturated rings. The zero-order valence-electron chi connectivity index (χ0n) is 8.50. The van der Waals surface area contributed by atoms with Crippen LogP contribution in [0.4, 0.5) is 0 Å². The minimum Gasteiger partial charge on any atom is -0.346 e. The molecule has 74 valence electrons. The Labute approximate surface area is 80.4 Å². The molecule has 2 aliphatic rings. The largest absolute Gasteiger partial charge is 0.346 e. The summed E-state index contributed by atoms with van der Waals surface area (Å²) < 4.78 is 0. The summed E-state index contributed by atoms with van der Waals surface area (Å²) in [6, 6.07) is 0. The highest BCUT2D eigenvalue weighted by Gasteiger charge is 2.20. The first kappa shape index (κ1) is 8.85. The summed E-state index contributed by atoms with van der Waals surface area (Å²) in [6.45, 7) is 4.62. The van der Waals surface area contributed by atoms with Gasteiger partial charge >= 0.3 is 0 Å². The molecule has 0 N–H and O–H groups in total. The number of hydrogen-bond donors (Lipinski definition) is 0. The van der Waals surface area contributed by atoms with E-state index in [4.69, 9.17) is 0 Å². The van der Waals surface area contributed by atoms with E-state index in [-0.39, 0.29) is 0 Å². The highest BCUT2D eigenvalue weighted by molar-refractivity contribution is 5.80. The summed E-state index contributed by atoms with van der Waals surface area (Å²) in [5.74, 6) is 1.24. The minimum atomic E-state index is 1.02. The van der Waals surface area contributed by atoms with Gasteiger partial charge in [-0.3, -0.25) is 4.99 Å². The number of rotatable bonds is 0. The van der Waals surface area contributed by atoms with Gasteiger partial charge in [-0.05, 0) is 25.7 Å². The lowest BCUT2D eigenvalue weighted by molar-refractivity contribution is 0.273. The van der Waals surface area contributed by atoms with Crippen molar-refractivity contribution in [2.45, 2.75) is 25.7 Å². The summed E-state index contributed by atoms with van der Waals surface area (Å²) in [4.78, 5) is 9.40. The maximum atomic E-state index is 4.65. The molecule has 2 rings (SSSR count). The second-order valence-corrected chi connectivity index (χ2v) is 4.00. The van der Waals surface area contributed by atoms with E-state index in [2.05, 4.69) is 21.8 Å². The van der Waals surface area contributed by atoms with Gasteiger partial charge in [0, 0.05) is 33.2 Å². The molecule has 3 heteroatoms. The van der Waals surface area contributed by atoms with Crippen molar-refractivity contribution in [1.29, 1.82) is 0 Å². The second kappa shape index (κ2) is 3.99. The molecule has 0 spiro atoms. The molecule has 0 aromatic heterocycles. The van der Waals surface area contributed by atoms with Crippen LogP contribution in [0.1, 0.15) is 25.7 Å². The molecule has 2 aliphatic heterocycles. The predicted octanol–water partition coefficient (Wildman–Crippen LogP) is 1.16. The smallest absolute Gasteiger partial charge is 0.196 e. The summed E-state index contributed by atoms with van der Waals surface area (Å²) in [5.41, 5.74) is 0.